The summed E-state index contributed by atoms with van der Waals surface area (Å²) in [5.41, 5.74) is 0. The molecule has 60 valence electrons. The van der Waals surface area contributed by atoms with Crippen molar-refractivity contribution in [2.45, 2.75) is 5.79 Å². The van der Waals surface area contributed by atoms with E-state index < -0.39 is 5.79 Å². The largest absolute Gasteiger partial charge is 0.346 e. The van der Waals surface area contributed by atoms with Crippen LogP contribution in [0.1, 0.15) is 0 Å². The Morgan fingerprint density at radius 3 is 2.00 bits per heavy atom. The third-order valence-electron chi connectivity index (χ3n) is 1.60. The molecular weight excluding hydrogens is 144 g/mol. The van der Waals surface area contributed by atoms with Crippen LogP contribution in [-0.2, 0) is 14.3 Å². The molecule has 0 atom stereocenters. The summed E-state index contributed by atoms with van der Waals surface area (Å²) in [6, 6.07) is 0. The first-order valence-electron chi connectivity index (χ1n) is 3.25. The Morgan fingerprint density at radius 1 is 1.18 bits per heavy atom. The van der Waals surface area contributed by atoms with Gasteiger partial charge in [0, 0.05) is 14.2 Å². The molecule has 1 aliphatic rings. The van der Waals surface area contributed by atoms with E-state index in [1.54, 1.807) is 12.2 Å². The number of ketones is 1. The second-order valence-corrected chi connectivity index (χ2v) is 2.20. The second kappa shape index (κ2) is 2.98. The van der Waals surface area contributed by atoms with Crippen LogP contribution in [0.4, 0.5) is 0 Å². The van der Waals surface area contributed by atoms with Crippen LogP contribution in [0.2, 0.25) is 0 Å². The van der Waals surface area contributed by atoms with Crippen molar-refractivity contribution in [1.29, 1.82) is 0 Å². The highest BCUT2D eigenvalue weighted by atomic mass is 16.7. The molecule has 3 nitrogen and oxygen atoms in total. The van der Waals surface area contributed by atoms with Crippen molar-refractivity contribution in [1.82, 2.24) is 0 Å². The molecule has 0 amide bonds. The van der Waals surface area contributed by atoms with E-state index in [2.05, 4.69) is 0 Å². The maximum atomic E-state index is 10.7. The Labute approximate surface area is 65.3 Å². The van der Waals surface area contributed by atoms with E-state index >= 15 is 0 Å². The number of carbonyl (C=O) groups is 1. The van der Waals surface area contributed by atoms with Gasteiger partial charge in [0.25, 0.3) is 0 Å². The lowest BCUT2D eigenvalue weighted by molar-refractivity contribution is -0.136. The molecule has 0 aliphatic heterocycles. The number of ether oxygens (including phenoxy) is 2. The van der Waals surface area contributed by atoms with Gasteiger partial charge >= 0.3 is 0 Å². The lowest BCUT2D eigenvalue weighted by Gasteiger charge is -2.24. The van der Waals surface area contributed by atoms with Gasteiger partial charge < -0.3 is 9.47 Å². The molecule has 0 aromatic rings. The average molecular weight is 154 g/mol. The summed E-state index contributed by atoms with van der Waals surface area (Å²) in [5.74, 6) is -0.886. The van der Waals surface area contributed by atoms with E-state index in [-0.39, 0.29) is 5.78 Å². The highest BCUT2D eigenvalue weighted by Crippen LogP contribution is 2.18. The maximum Gasteiger partial charge on any atom is 0.208 e. The van der Waals surface area contributed by atoms with E-state index in [9.17, 15) is 4.79 Å². The second-order valence-electron chi connectivity index (χ2n) is 2.20. The first-order chi connectivity index (χ1) is 5.22. The van der Waals surface area contributed by atoms with Gasteiger partial charge in [-0.25, -0.2) is 0 Å². The third kappa shape index (κ3) is 1.56. The van der Waals surface area contributed by atoms with Crippen molar-refractivity contribution < 1.29 is 14.3 Å². The van der Waals surface area contributed by atoms with Gasteiger partial charge in [0.1, 0.15) is 0 Å². The van der Waals surface area contributed by atoms with Crippen LogP contribution in [0.25, 0.3) is 0 Å². The number of allylic oxidation sites excluding steroid dienone is 2. The highest BCUT2D eigenvalue weighted by molar-refractivity contribution is 6.00. The molecule has 0 aromatic carbocycles. The summed E-state index contributed by atoms with van der Waals surface area (Å²) in [7, 11) is 3.04. The smallest absolute Gasteiger partial charge is 0.208 e. The minimum absolute atomic E-state index is 0.0466. The Morgan fingerprint density at radius 2 is 1.64 bits per heavy atom. The van der Waals surface area contributed by atoms with E-state index in [4.69, 9.17) is 9.47 Å². The number of rotatable bonds is 2. The molecular formula is C8H10O3. The summed E-state index contributed by atoms with van der Waals surface area (Å²) >= 11 is 0. The topological polar surface area (TPSA) is 35.5 Å². The molecule has 0 spiro atoms. The van der Waals surface area contributed by atoms with Crippen molar-refractivity contribution in [3.63, 3.8) is 0 Å². The van der Waals surface area contributed by atoms with Gasteiger partial charge in [-0.2, -0.15) is 0 Å². The molecule has 0 aromatic heterocycles. The van der Waals surface area contributed by atoms with Gasteiger partial charge in [0.2, 0.25) is 5.79 Å². The number of methoxy groups -OCH3 is 2. The van der Waals surface area contributed by atoms with Crippen molar-refractivity contribution in [2.24, 2.45) is 0 Å². The molecule has 0 heterocycles. The van der Waals surface area contributed by atoms with Crippen LogP contribution in [0, 0.1) is 0 Å². The fraction of sp³-hybridized carbons (Fsp3) is 0.375. The van der Waals surface area contributed by atoms with E-state index in [0.29, 0.717) is 0 Å². The van der Waals surface area contributed by atoms with Crippen LogP contribution in [-0.4, -0.2) is 25.8 Å². The molecule has 0 N–H and O–H groups in total. The molecule has 0 saturated carbocycles. The van der Waals surface area contributed by atoms with Crippen LogP contribution in [0.15, 0.2) is 24.3 Å². The van der Waals surface area contributed by atoms with Gasteiger partial charge in [-0.15, -0.1) is 0 Å². The van der Waals surface area contributed by atoms with Gasteiger partial charge in [0.15, 0.2) is 5.78 Å². The number of hydrogen-bond acceptors (Lipinski definition) is 3. The van der Waals surface area contributed by atoms with Crippen molar-refractivity contribution >= 4 is 5.78 Å². The minimum Gasteiger partial charge on any atom is -0.346 e. The number of hydrogen-bond donors (Lipinski definition) is 0. The van der Waals surface area contributed by atoms with Crippen LogP contribution < -0.4 is 0 Å². The van der Waals surface area contributed by atoms with Gasteiger partial charge in [0.05, 0.1) is 0 Å². The zero-order valence-corrected chi connectivity index (χ0v) is 6.53. The summed E-state index contributed by atoms with van der Waals surface area (Å²) in [6.45, 7) is 0. The Hall–Kier alpha value is -0.930. The zero-order valence-electron chi connectivity index (χ0n) is 6.53. The Balaban J connectivity index is 2.81. The normalized spacial score (nSPS) is 20.7. The first-order valence-corrected chi connectivity index (χ1v) is 3.25. The van der Waals surface area contributed by atoms with Crippen molar-refractivity contribution in [3.05, 3.63) is 24.3 Å². The lowest BCUT2D eigenvalue weighted by atomic mass is 10.1. The van der Waals surface area contributed by atoms with Crippen LogP contribution >= 0.6 is 0 Å². The Bertz CT molecular complexity index is 193. The lowest BCUT2D eigenvalue weighted by Crippen LogP contribution is -2.30. The molecule has 11 heavy (non-hydrogen) atoms. The molecule has 0 bridgehead atoms. The molecule has 3 heteroatoms. The molecule has 0 unspecified atom stereocenters. The predicted octanol–water partition coefficient (Wildman–Crippen LogP) is 0.671. The fourth-order valence-corrected chi connectivity index (χ4v) is 0.863. The molecule has 0 fully saturated rings. The average Bonchev–Trinajstić information content (AvgIpc) is 2.07. The molecule has 0 radical (unpaired) electrons. The first kappa shape index (κ1) is 8.17. The van der Waals surface area contributed by atoms with Gasteiger partial charge in [-0.1, -0.05) is 0 Å². The third-order valence-corrected chi connectivity index (χ3v) is 1.60. The van der Waals surface area contributed by atoms with Crippen LogP contribution in [0.3, 0.4) is 0 Å². The molecule has 0 saturated heterocycles. The summed E-state index contributed by atoms with van der Waals surface area (Å²) in [6.07, 6.45) is 6.00. The SMILES string of the molecule is COC1(OC)C=CC(=O)C=C1. The van der Waals surface area contributed by atoms with Crippen molar-refractivity contribution in [3.8, 4) is 0 Å². The van der Waals surface area contributed by atoms with Crippen LogP contribution in [0.5, 0.6) is 0 Å². The highest BCUT2D eigenvalue weighted by Gasteiger charge is 2.24. The minimum atomic E-state index is -0.839. The summed E-state index contributed by atoms with van der Waals surface area (Å²) in [4.78, 5) is 10.7. The van der Waals surface area contributed by atoms with Gasteiger partial charge in [-0.3, -0.25) is 4.79 Å². The summed E-state index contributed by atoms with van der Waals surface area (Å²) in [5, 5.41) is 0. The van der Waals surface area contributed by atoms with E-state index in [1.165, 1.54) is 26.4 Å². The van der Waals surface area contributed by atoms with Gasteiger partial charge in [-0.05, 0) is 24.3 Å². The zero-order chi connectivity index (χ0) is 8.32. The molecule has 1 rings (SSSR count). The Kier molecular flexibility index (Phi) is 2.22. The fourth-order valence-electron chi connectivity index (χ4n) is 0.863. The quantitative estimate of drug-likeness (QED) is 0.548. The van der Waals surface area contributed by atoms with Crippen molar-refractivity contribution in [2.75, 3.05) is 14.2 Å². The van der Waals surface area contributed by atoms with E-state index in [1.807, 2.05) is 0 Å². The predicted molar refractivity (Wildman–Crippen MR) is 40.0 cm³/mol. The number of carbonyl (C=O) groups excluding carboxylic acids is 1. The summed E-state index contributed by atoms with van der Waals surface area (Å²) < 4.78 is 10.1. The maximum absolute atomic E-state index is 10.7. The monoisotopic (exact) mass is 154 g/mol. The standard InChI is InChI=1S/C8H10O3/c1-10-8(11-2)5-3-7(9)4-6-8/h3-6H,1-2H3. The van der Waals surface area contributed by atoms with E-state index in [0.717, 1.165) is 0 Å². The molecule has 1 aliphatic carbocycles.